The molecule has 2 saturated carbocycles. The lowest BCUT2D eigenvalue weighted by molar-refractivity contribution is -0.00515. The Balaban J connectivity index is 1.69. The van der Waals surface area contributed by atoms with Crippen LogP contribution in [0.25, 0.3) is 0 Å². The first kappa shape index (κ1) is 13.6. The molecule has 1 N–H and O–H groups in total. The maximum Gasteiger partial charge on any atom is 0.134 e. The lowest BCUT2D eigenvalue weighted by Crippen LogP contribution is -2.44. The second-order valence-corrected chi connectivity index (χ2v) is 5.98. The molecule has 0 aliphatic heterocycles. The summed E-state index contributed by atoms with van der Waals surface area (Å²) in [7, 11) is 0. The van der Waals surface area contributed by atoms with Gasteiger partial charge in [0.1, 0.15) is 5.54 Å². The third-order valence-corrected chi connectivity index (χ3v) is 4.37. The standard InChI is InChI=1S/C17H22N2O/c18-13-17(19-15-9-10-15,14-5-2-1-3-6-14)11-12-20-16-7-4-8-16/h1-3,5-6,15-16,19H,4,7-12H2. The van der Waals surface area contributed by atoms with Gasteiger partial charge in [0.05, 0.1) is 18.8 Å². The summed E-state index contributed by atoms with van der Waals surface area (Å²) in [6.45, 7) is 0.660. The molecule has 1 unspecified atom stereocenters. The van der Waals surface area contributed by atoms with Crippen molar-refractivity contribution in [1.82, 2.24) is 5.32 Å². The molecule has 3 heteroatoms. The van der Waals surface area contributed by atoms with Gasteiger partial charge >= 0.3 is 0 Å². The van der Waals surface area contributed by atoms with Gasteiger partial charge in [-0.05, 0) is 37.7 Å². The monoisotopic (exact) mass is 270 g/mol. The van der Waals surface area contributed by atoms with Gasteiger partial charge in [-0.1, -0.05) is 30.3 Å². The summed E-state index contributed by atoms with van der Waals surface area (Å²) in [6, 6.07) is 13.1. The molecular formula is C17H22N2O. The van der Waals surface area contributed by atoms with Crippen molar-refractivity contribution in [3.8, 4) is 6.07 Å². The molecular weight excluding hydrogens is 248 g/mol. The lowest BCUT2D eigenvalue weighted by Gasteiger charge is -2.31. The van der Waals surface area contributed by atoms with Gasteiger partial charge in [-0.15, -0.1) is 0 Å². The topological polar surface area (TPSA) is 45.0 Å². The van der Waals surface area contributed by atoms with E-state index in [-0.39, 0.29) is 0 Å². The molecule has 0 spiro atoms. The highest BCUT2D eigenvalue weighted by atomic mass is 16.5. The molecule has 3 nitrogen and oxygen atoms in total. The van der Waals surface area contributed by atoms with Gasteiger partial charge in [0.25, 0.3) is 0 Å². The largest absolute Gasteiger partial charge is 0.378 e. The van der Waals surface area contributed by atoms with Crippen molar-refractivity contribution in [3.05, 3.63) is 35.9 Å². The highest BCUT2D eigenvalue weighted by molar-refractivity contribution is 5.32. The van der Waals surface area contributed by atoms with Crippen LogP contribution in [0.3, 0.4) is 0 Å². The average Bonchev–Trinajstić information content (AvgIpc) is 3.25. The Kier molecular flexibility index (Phi) is 4.05. The van der Waals surface area contributed by atoms with Crippen molar-refractivity contribution in [1.29, 1.82) is 5.26 Å². The zero-order valence-electron chi connectivity index (χ0n) is 11.8. The van der Waals surface area contributed by atoms with Crippen LogP contribution in [0.1, 0.15) is 44.1 Å². The minimum atomic E-state index is -0.591. The van der Waals surface area contributed by atoms with Crippen molar-refractivity contribution < 1.29 is 4.74 Å². The highest BCUT2D eigenvalue weighted by Gasteiger charge is 2.38. The molecule has 2 aliphatic carbocycles. The van der Waals surface area contributed by atoms with E-state index in [1.165, 1.54) is 32.1 Å². The summed E-state index contributed by atoms with van der Waals surface area (Å²) < 4.78 is 5.87. The summed E-state index contributed by atoms with van der Waals surface area (Å²) in [5, 5.41) is 13.3. The van der Waals surface area contributed by atoms with Crippen LogP contribution in [0.4, 0.5) is 0 Å². The number of nitrogens with one attached hydrogen (secondary N) is 1. The van der Waals surface area contributed by atoms with Crippen LogP contribution in [0.15, 0.2) is 30.3 Å². The van der Waals surface area contributed by atoms with E-state index in [0.717, 1.165) is 12.0 Å². The summed E-state index contributed by atoms with van der Waals surface area (Å²) in [4.78, 5) is 0. The van der Waals surface area contributed by atoms with Crippen molar-refractivity contribution in [2.75, 3.05) is 6.61 Å². The quantitative estimate of drug-likeness (QED) is 0.828. The molecule has 20 heavy (non-hydrogen) atoms. The first-order chi connectivity index (χ1) is 9.82. The molecule has 0 aromatic heterocycles. The Hall–Kier alpha value is -1.37. The predicted molar refractivity (Wildman–Crippen MR) is 78.1 cm³/mol. The normalized spacial score (nSPS) is 21.8. The van der Waals surface area contributed by atoms with Crippen molar-refractivity contribution in [2.45, 2.75) is 56.2 Å². The summed E-state index contributed by atoms with van der Waals surface area (Å²) in [5.41, 5.74) is 0.471. The molecule has 1 aromatic carbocycles. The van der Waals surface area contributed by atoms with Gasteiger partial charge in [-0.25, -0.2) is 0 Å². The lowest BCUT2D eigenvalue weighted by atomic mass is 9.88. The van der Waals surface area contributed by atoms with Gasteiger partial charge < -0.3 is 4.74 Å². The number of ether oxygens (including phenoxy) is 1. The van der Waals surface area contributed by atoms with E-state index in [2.05, 4.69) is 11.4 Å². The fraction of sp³-hybridized carbons (Fsp3) is 0.588. The third kappa shape index (κ3) is 3.03. The highest BCUT2D eigenvalue weighted by Crippen LogP contribution is 2.32. The zero-order chi connectivity index (χ0) is 13.8. The van der Waals surface area contributed by atoms with Crippen LogP contribution in [-0.2, 0) is 10.3 Å². The van der Waals surface area contributed by atoms with Gasteiger partial charge in [0.2, 0.25) is 0 Å². The average molecular weight is 270 g/mol. The predicted octanol–water partition coefficient (Wildman–Crippen LogP) is 3.12. The molecule has 0 amide bonds. The fourth-order valence-corrected chi connectivity index (χ4v) is 2.67. The van der Waals surface area contributed by atoms with Crippen LogP contribution in [0.5, 0.6) is 0 Å². The number of benzene rings is 1. The van der Waals surface area contributed by atoms with Gasteiger partial charge in [-0.2, -0.15) is 5.26 Å². The molecule has 0 heterocycles. The van der Waals surface area contributed by atoms with Gasteiger partial charge in [0.15, 0.2) is 0 Å². The number of hydrogen-bond donors (Lipinski definition) is 1. The van der Waals surface area contributed by atoms with Crippen LogP contribution in [-0.4, -0.2) is 18.8 Å². The van der Waals surface area contributed by atoms with E-state index in [4.69, 9.17) is 4.74 Å². The Bertz CT molecular complexity index is 474. The molecule has 106 valence electrons. The Morgan fingerprint density at radius 1 is 1.20 bits per heavy atom. The number of nitriles is 1. The van der Waals surface area contributed by atoms with Gasteiger partial charge in [0, 0.05) is 12.5 Å². The first-order valence-corrected chi connectivity index (χ1v) is 7.68. The second kappa shape index (κ2) is 5.95. The zero-order valence-corrected chi connectivity index (χ0v) is 11.8. The van der Waals surface area contributed by atoms with Crippen LogP contribution < -0.4 is 5.32 Å². The summed E-state index contributed by atoms with van der Waals surface area (Å²) in [5.74, 6) is 0. The molecule has 0 bridgehead atoms. The van der Waals surface area contributed by atoms with Crippen LogP contribution >= 0.6 is 0 Å². The number of rotatable bonds is 7. The van der Waals surface area contributed by atoms with E-state index in [0.29, 0.717) is 18.8 Å². The Morgan fingerprint density at radius 2 is 1.95 bits per heavy atom. The molecule has 0 radical (unpaired) electrons. The SMILES string of the molecule is N#CC(CCOC1CCC1)(NC1CC1)c1ccccc1. The van der Waals surface area contributed by atoms with E-state index < -0.39 is 5.54 Å². The molecule has 2 aliphatic rings. The summed E-state index contributed by atoms with van der Waals surface area (Å²) >= 11 is 0. The molecule has 3 rings (SSSR count). The summed E-state index contributed by atoms with van der Waals surface area (Å²) in [6.07, 6.45) is 7.16. The third-order valence-electron chi connectivity index (χ3n) is 4.37. The molecule has 1 atom stereocenters. The van der Waals surface area contributed by atoms with Crippen molar-refractivity contribution >= 4 is 0 Å². The van der Waals surface area contributed by atoms with Crippen molar-refractivity contribution in [3.63, 3.8) is 0 Å². The smallest absolute Gasteiger partial charge is 0.134 e. The maximum atomic E-state index is 9.77. The van der Waals surface area contributed by atoms with E-state index in [1.54, 1.807) is 0 Å². The van der Waals surface area contributed by atoms with Crippen LogP contribution in [0, 0.1) is 11.3 Å². The molecule has 0 saturated heterocycles. The maximum absolute atomic E-state index is 9.77. The molecule has 2 fully saturated rings. The second-order valence-electron chi connectivity index (χ2n) is 5.98. The fourth-order valence-electron chi connectivity index (χ4n) is 2.67. The van der Waals surface area contributed by atoms with Crippen LogP contribution in [0.2, 0.25) is 0 Å². The Morgan fingerprint density at radius 3 is 2.50 bits per heavy atom. The first-order valence-electron chi connectivity index (χ1n) is 7.68. The van der Waals surface area contributed by atoms with Crippen molar-refractivity contribution in [2.24, 2.45) is 0 Å². The van der Waals surface area contributed by atoms with E-state index in [9.17, 15) is 5.26 Å². The van der Waals surface area contributed by atoms with E-state index in [1.807, 2.05) is 30.3 Å². The van der Waals surface area contributed by atoms with E-state index >= 15 is 0 Å². The van der Waals surface area contributed by atoms with Gasteiger partial charge in [-0.3, -0.25) is 5.32 Å². The number of hydrogen-bond acceptors (Lipinski definition) is 3. The molecule has 1 aromatic rings. The minimum absolute atomic E-state index is 0.433. The number of nitrogens with zero attached hydrogens (tertiary/aromatic N) is 1. The minimum Gasteiger partial charge on any atom is -0.378 e. The Labute approximate surface area is 120 Å².